The van der Waals surface area contributed by atoms with Gasteiger partial charge in [-0.25, -0.2) is 0 Å². The Labute approximate surface area is 249 Å². The predicted molar refractivity (Wildman–Crippen MR) is 161 cm³/mol. The summed E-state index contributed by atoms with van der Waals surface area (Å²) in [6.45, 7) is 1.83. The van der Waals surface area contributed by atoms with E-state index in [9.17, 15) is 14.4 Å². The van der Waals surface area contributed by atoms with E-state index in [4.69, 9.17) is 10.00 Å². The third-order valence-electron chi connectivity index (χ3n) is 8.90. The van der Waals surface area contributed by atoms with Crippen LogP contribution in [0.4, 0.5) is 5.69 Å². The highest BCUT2D eigenvalue weighted by Gasteiger charge is 2.70. The van der Waals surface area contributed by atoms with Gasteiger partial charge in [0.1, 0.15) is 23.3 Å². The van der Waals surface area contributed by atoms with Crippen molar-refractivity contribution in [3.63, 3.8) is 0 Å². The van der Waals surface area contributed by atoms with Crippen molar-refractivity contribution in [3.8, 4) is 11.8 Å². The summed E-state index contributed by atoms with van der Waals surface area (Å²) in [5.41, 5.74) is 3.61. The minimum Gasteiger partial charge on any atom is -0.479 e. The van der Waals surface area contributed by atoms with Gasteiger partial charge in [-0.2, -0.15) is 5.26 Å². The molecule has 7 nitrogen and oxygen atoms in total. The number of carbonyl (C=O) groups excluding carboxylic acids is 3. The lowest BCUT2D eigenvalue weighted by atomic mass is 9.62. The van der Waals surface area contributed by atoms with E-state index >= 15 is 0 Å². The number of ketones is 2. The van der Waals surface area contributed by atoms with Crippen molar-refractivity contribution >= 4 is 29.2 Å². The first kappa shape index (κ1) is 26.4. The maximum Gasteiger partial charge on any atom is 0.238 e. The molecule has 0 unspecified atom stereocenters. The number of nitrogens with one attached hydrogen (secondary N) is 1. The maximum atomic E-state index is 14.9. The smallest absolute Gasteiger partial charge is 0.238 e. The van der Waals surface area contributed by atoms with E-state index in [1.165, 1.54) is 0 Å². The molecule has 7 heteroatoms. The van der Waals surface area contributed by atoms with E-state index in [-0.39, 0.29) is 24.1 Å². The fourth-order valence-corrected chi connectivity index (χ4v) is 7.07. The molecule has 1 amide bonds. The normalized spacial score (nSPS) is 22.7. The van der Waals surface area contributed by atoms with Gasteiger partial charge in [0.05, 0.1) is 12.0 Å². The third-order valence-corrected chi connectivity index (χ3v) is 8.90. The van der Waals surface area contributed by atoms with Crippen LogP contribution in [0.25, 0.3) is 6.08 Å². The van der Waals surface area contributed by atoms with Gasteiger partial charge in [-0.05, 0) is 60.0 Å². The number of hydrogen-bond acceptors (Lipinski definition) is 6. The molecule has 3 aliphatic heterocycles. The van der Waals surface area contributed by atoms with Gasteiger partial charge in [0.15, 0.2) is 18.2 Å². The number of nitriles is 1. The van der Waals surface area contributed by atoms with E-state index in [0.29, 0.717) is 28.1 Å². The molecule has 4 aromatic rings. The number of ether oxygens (including phenoxy) is 1. The SMILES string of the molecule is Cc1ccc(C(=O)[C@@H]2[C@H](C(=O)c3ccc(OCC#N)cc3)[C@@]3(C(=O)Nc4ccccc43)[C@H]3c4ccccc4C=CN23)cc1. The molecule has 7 rings (SSSR count). The van der Waals surface area contributed by atoms with Crippen molar-refractivity contribution in [2.75, 3.05) is 11.9 Å². The van der Waals surface area contributed by atoms with E-state index in [2.05, 4.69) is 5.32 Å². The van der Waals surface area contributed by atoms with Crippen LogP contribution in [0.1, 0.15) is 49.0 Å². The standard InChI is InChI=1S/C36H27N3O4/c1-22-10-12-25(13-11-22)33(41)31-30(32(40)24-14-16-26(17-15-24)43-21-19-37)36(28-8-4-5-9-29(28)38-35(36)42)34-27-7-3-2-6-23(27)18-20-39(31)34/h2-18,20,30-31,34H,21H2,1H3,(H,38,42)/t30-,31+,34-,36-/m1/s1. The lowest BCUT2D eigenvalue weighted by Crippen LogP contribution is -2.49. The van der Waals surface area contributed by atoms with Crippen LogP contribution in [0.2, 0.25) is 0 Å². The number of aryl methyl sites for hydroxylation is 1. The highest BCUT2D eigenvalue weighted by atomic mass is 16.5. The Morgan fingerprint density at radius 1 is 0.907 bits per heavy atom. The number of Topliss-reactive ketones (excluding diaryl/α,β-unsaturated/α-hetero) is 2. The summed E-state index contributed by atoms with van der Waals surface area (Å²) < 4.78 is 5.41. The molecule has 1 fully saturated rings. The van der Waals surface area contributed by atoms with Crippen molar-refractivity contribution in [2.45, 2.75) is 24.4 Å². The second-order valence-electron chi connectivity index (χ2n) is 11.2. The lowest BCUT2D eigenvalue weighted by Gasteiger charge is -2.38. The van der Waals surface area contributed by atoms with Crippen molar-refractivity contribution in [2.24, 2.45) is 5.92 Å². The van der Waals surface area contributed by atoms with E-state index in [1.54, 1.807) is 36.4 Å². The van der Waals surface area contributed by atoms with Crippen LogP contribution in [0, 0.1) is 24.2 Å². The summed E-state index contributed by atoms with van der Waals surface area (Å²) in [6, 6.07) is 29.5. The Balaban J connectivity index is 1.48. The van der Waals surface area contributed by atoms with Gasteiger partial charge >= 0.3 is 0 Å². The summed E-state index contributed by atoms with van der Waals surface area (Å²) in [4.78, 5) is 45.9. The molecule has 0 saturated carbocycles. The topological polar surface area (TPSA) is 99.5 Å². The maximum absolute atomic E-state index is 14.9. The quantitative estimate of drug-likeness (QED) is 0.293. The van der Waals surface area contributed by atoms with Gasteiger partial charge < -0.3 is 15.0 Å². The van der Waals surface area contributed by atoms with E-state index in [0.717, 1.165) is 16.7 Å². The van der Waals surface area contributed by atoms with Crippen molar-refractivity contribution in [3.05, 3.63) is 137 Å². The zero-order valence-electron chi connectivity index (χ0n) is 23.4. The minimum absolute atomic E-state index is 0.120. The highest BCUT2D eigenvalue weighted by molar-refractivity contribution is 6.16. The second kappa shape index (κ2) is 10.1. The molecule has 3 aliphatic rings. The van der Waals surface area contributed by atoms with Gasteiger partial charge in [0.2, 0.25) is 5.91 Å². The molecule has 0 aromatic heterocycles. The number of para-hydroxylation sites is 1. The average Bonchev–Trinajstić information content (AvgIpc) is 3.52. The largest absolute Gasteiger partial charge is 0.479 e. The predicted octanol–water partition coefficient (Wildman–Crippen LogP) is 5.88. The molecule has 0 aliphatic carbocycles. The molecule has 0 bridgehead atoms. The van der Waals surface area contributed by atoms with Crippen LogP contribution in [-0.4, -0.2) is 35.0 Å². The fourth-order valence-electron chi connectivity index (χ4n) is 7.07. The molecule has 1 spiro atoms. The Morgan fingerprint density at radius 3 is 2.35 bits per heavy atom. The monoisotopic (exact) mass is 565 g/mol. The van der Waals surface area contributed by atoms with E-state index < -0.39 is 23.4 Å². The van der Waals surface area contributed by atoms with Crippen LogP contribution in [0.3, 0.4) is 0 Å². The molecule has 4 atom stereocenters. The number of nitrogens with zero attached hydrogens (tertiary/aromatic N) is 2. The summed E-state index contributed by atoms with van der Waals surface area (Å²) in [5.74, 6) is -1.46. The van der Waals surface area contributed by atoms with E-state index in [1.807, 2.05) is 90.8 Å². The lowest BCUT2D eigenvalue weighted by molar-refractivity contribution is -0.122. The Kier molecular flexibility index (Phi) is 6.21. The summed E-state index contributed by atoms with van der Waals surface area (Å²) in [7, 11) is 0. The van der Waals surface area contributed by atoms with Gasteiger partial charge in [-0.15, -0.1) is 0 Å². The number of anilines is 1. The number of carbonyl (C=O) groups is 3. The third kappa shape index (κ3) is 3.91. The molecule has 0 radical (unpaired) electrons. The average molecular weight is 566 g/mol. The second-order valence-corrected chi connectivity index (χ2v) is 11.2. The van der Waals surface area contributed by atoms with Crippen molar-refractivity contribution in [1.82, 2.24) is 4.90 Å². The first-order chi connectivity index (χ1) is 20.9. The number of rotatable bonds is 6. The first-order valence-electron chi connectivity index (χ1n) is 14.2. The Hall–Kier alpha value is -5.48. The summed E-state index contributed by atoms with van der Waals surface area (Å²) in [6.07, 6.45) is 3.81. The van der Waals surface area contributed by atoms with Gasteiger partial charge in [-0.1, -0.05) is 72.3 Å². The van der Waals surface area contributed by atoms with Crippen molar-refractivity contribution < 1.29 is 19.1 Å². The first-order valence-corrected chi connectivity index (χ1v) is 14.2. The zero-order chi connectivity index (χ0) is 29.7. The molecular weight excluding hydrogens is 538 g/mol. The number of amides is 1. The highest BCUT2D eigenvalue weighted by Crippen LogP contribution is 2.62. The van der Waals surface area contributed by atoms with Gasteiger partial charge in [-0.3, -0.25) is 14.4 Å². The van der Waals surface area contributed by atoms with Crippen LogP contribution in [0.15, 0.2) is 103 Å². The number of benzene rings is 4. The molecule has 4 aromatic carbocycles. The summed E-state index contributed by atoms with van der Waals surface area (Å²) >= 11 is 0. The summed E-state index contributed by atoms with van der Waals surface area (Å²) in [5, 5.41) is 12.0. The molecule has 210 valence electrons. The Bertz CT molecular complexity index is 1850. The minimum atomic E-state index is -1.39. The van der Waals surface area contributed by atoms with Crippen LogP contribution in [-0.2, 0) is 10.2 Å². The molecular formula is C36H27N3O4. The van der Waals surface area contributed by atoms with Crippen molar-refractivity contribution in [1.29, 1.82) is 5.26 Å². The molecule has 1 saturated heterocycles. The van der Waals surface area contributed by atoms with Crippen LogP contribution < -0.4 is 10.1 Å². The Morgan fingerprint density at radius 2 is 1.58 bits per heavy atom. The molecule has 3 heterocycles. The number of hydrogen-bond donors (Lipinski definition) is 1. The molecule has 43 heavy (non-hydrogen) atoms. The number of fused-ring (bicyclic) bond motifs is 6. The molecule has 1 N–H and O–H groups in total. The zero-order valence-corrected chi connectivity index (χ0v) is 23.4. The van der Waals surface area contributed by atoms with Gasteiger partial charge in [0.25, 0.3) is 0 Å². The van der Waals surface area contributed by atoms with Crippen LogP contribution >= 0.6 is 0 Å². The van der Waals surface area contributed by atoms with Crippen LogP contribution in [0.5, 0.6) is 5.75 Å². The fraction of sp³-hybridized carbons (Fsp3) is 0.167. The van der Waals surface area contributed by atoms with Gasteiger partial charge in [0, 0.05) is 23.0 Å².